The number of benzene rings is 1. The van der Waals surface area contributed by atoms with Crippen molar-refractivity contribution in [3.05, 3.63) is 29.8 Å². The highest BCUT2D eigenvalue weighted by atomic mass is 16.7. The molecule has 1 unspecified atom stereocenters. The molecule has 2 rings (SSSR count). The van der Waals surface area contributed by atoms with E-state index < -0.39 is 67.0 Å². The molecule has 1 heterocycles. The van der Waals surface area contributed by atoms with Crippen LogP contribution in [0.3, 0.4) is 0 Å². The number of carboxylic acids is 1. The van der Waals surface area contributed by atoms with Gasteiger partial charge in [0.15, 0.2) is 17.6 Å². The average Bonchev–Trinajstić information content (AvgIpc) is 2.72. The SMILES string of the molecule is CC(C)C(O)C(=O)OC[C@H]1O[C@@H](Oc2ccc(/C=C/C(=O)O)cc2O)[C@H](O)[C@@H](O)[C@@H]1O. The topological polar surface area (TPSA) is 183 Å². The van der Waals surface area contributed by atoms with Crippen LogP contribution in [0.2, 0.25) is 0 Å². The van der Waals surface area contributed by atoms with E-state index in [4.69, 9.17) is 19.3 Å². The maximum absolute atomic E-state index is 11.8. The maximum Gasteiger partial charge on any atom is 0.335 e. The largest absolute Gasteiger partial charge is 0.504 e. The molecular formula is C20H26O11. The number of carbonyl (C=O) groups excluding carboxylic acids is 1. The van der Waals surface area contributed by atoms with E-state index in [-0.39, 0.29) is 5.75 Å². The van der Waals surface area contributed by atoms with Crippen molar-refractivity contribution in [2.45, 2.75) is 50.7 Å². The van der Waals surface area contributed by atoms with Crippen molar-refractivity contribution < 1.29 is 54.4 Å². The van der Waals surface area contributed by atoms with Crippen LogP contribution in [0.5, 0.6) is 11.5 Å². The molecule has 31 heavy (non-hydrogen) atoms. The van der Waals surface area contributed by atoms with E-state index in [0.29, 0.717) is 5.56 Å². The third-order valence-corrected chi connectivity index (χ3v) is 4.58. The molecule has 0 bridgehead atoms. The lowest BCUT2D eigenvalue weighted by atomic mass is 9.99. The molecule has 0 amide bonds. The number of hydrogen-bond donors (Lipinski definition) is 6. The highest BCUT2D eigenvalue weighted by Gasteiger charge is 2.45. The van der Waals surface area contributed by atoms with Crippen LogP contribution in [0.25, 0.3) is 6.08 Å². The molecule has 172 valence electrons. The second kappa shape index (κ2) is 10.6. The Morgan fingerprint density at radius 1 is 1.16 bits per heavy atom. The van der Waals surface area contributed by atoms with Gasteiger partial charge in [-0.3, -0.25) is 0 Å². The van der Waals surface area contributed by atoms with Crippen LogP contribution >= 0.6 is 0 Å². The molecule has 1 saturated heterocycles. The Hall–Kier alpha value is -2.70. The van der Waals surface area contributed by atoms with Crippen molar-refractivity contribution in [1.29, 1.82) is 0 Å². The van der Waals surface area contributed by atoms with E-state index >= 15 is 0 Å². The molecule has 11 nitrogen and oxygen atoms in total. The minimum Gasteiger partial charge on any atom is -0.504 e. The summed E-state index contributed by atoms with van der Waals surface area (Å²) in [5.41, 5.74) is 0.362. The molecule has 6 atom stereocenters. The van der Waals surface area contributed by atoms with Crippen LogP contribution in [0.1, 0.15) is 19.4 Å². The molecule has 1 fully saturated rings. The zero-order valence-corrected chi connectivity index (χ0v) is 16.9. The molecule has 1 aromatic rings. The lowest BCUT2D eigenvalue weighted by molar-refractivity contribution is -0.279. The van der Waals surface area contributed by atoms with Crippen LogP contribution in [-0.4, -0.2) is 86.0 Å². The average molecular weight is 442 g/mol. The van der Waals surface area contributed by atoms with Crippen LogP contribution in [0.15, 0.2) is 24.3 Å². The van der Waals surface area contributed by atoms with Gasteiger partial charge in [-0.25, -0.2) is 9.59 Å². The first-order chi connectivity index (χ1) is 14.5. The minimum absolute atomic E-state index is 0.147. The molecule has 0 spiro atoms. The standard InChI is InChI=1S/C20H26O11/c1-9(2)15(24)19(28)29-8-13-16(25)17(26)18(27)20(31-13)30-12-5-3-10(7-11(12)21)4-6-14(22)23/h3-7,9,13,15-18,20-21,24-27H,8H2,1-2H3,(H,22,23)/b6-4+/t13-,15?,16-,17+,18-,20-/m1/s1. The highest BCUT2D eigenvalue weighted by molar-refractivity contribution is 5.85. The van der Waals surface area contributed by atoms with E-state index in [2.05, 4.69) is 0 Å². The minimum atomic E-state index is -1.71. The summed E-state index contributed by atoms with van der Waals surface area (Å²) in [6.07, 6.45) is -7.11. The van der Waals surface area contributed by atoms with Crippen LogP contribution in [-0.2, 0) is 19.1 Å². The molecule has 11 heteroatoms. The summed E-state index contributed by atoms with van der Waals surface area (Å²) < 4.78 is 15.7. The summed E-state index contributed by atoms with van der Waals surface area (Å²) in [6.45, 7) is 2.69. The van der Waals surface area contributed by atoms with Gasteiger partial charge >= 0.3 is 11.9 Å². The van der Waals surface area contributed by atoms with Gasteiger partial charge in [0, 0.05) is 6.08 Å². The van der Waals surface area contributed by atoms with Crippen LogP contribution < -0.4 is 4.74 Å². The summed E-state index contributed by atoms with van der Waals surface area (Å²) in [5, 5.41) is 58.8. The summed E-state index contributed by atoms with van der Waals surface area (Å²) in [5.74, 6) is -3.05. The van der Waals surface area contributed by atoms with Gasteiger partial charge in [-0.05, 0) is 29.7 Å². The van der Waals surface area contributed by atoms with E-state index in [1.54, 1.807) is 13.8 Å². The Labute approximate surface area is 177 Å². The summed E-state index contributed by atoms with van der Waals surface area (Å²) >= 11 is 0. The van der Waals surface area contributed by atoms with E-state index in [1.165, 1.54) is 24.3 Å². The number of aliphatic hydroxyl groups excluding tert-OH is 4. The van der Waals surface area contributed by atoms with Crippen molar-refractivity contribution in [3.63, 3.8) is 0 Å². The van der Waals surface area contributed by atoms with Gasteiger partial charge in [-0.2, -0.15) is 0 Å². The molecular weight excluding hydrogens is 416 g/mol. The number of esters is 1. The molecule has 0 aliphatic carbocycles. The fourth-order valence-electron chi connectivity index (χ4n) is 2.70. The van der Waals surface area contributed by atoms with E-state index in [0.717, 1.165) is 6.08 Å². The molecule has 1 aromatic carbocycles. The second-order valence-corrected chi connectivity index (χ2v) is 7.35. The molecule has 0 aromatic heterocycles. The van der Waals surface area contributed by atoms with Gasteiger partial charge in [-0.1, -0.05) is 19.9 Å². The molecule has 6 N–H and O–H groups in total. The van der Waals surface area contributed by atoms with E-state index in [1.807, 2.05) is 0 Å². The molecule has 1 aliphatic heterocycles. The lowest BCUT2D eigenvalue weighted by Crippen LogP contribution is -2.60. The molecule has 1 aliphatic rings. The van der Waals surface area contributed by atoms with Gasteiger partial charge < -0.3 is 44.8 Å². The quantitative estimate of drug-likeness (QED) is 0.220. The summed E-state index contributed by atoms with van der Waals surface area (Å²) in [6, 6.07) is 3.93. The fraction of sp³-hybridized carbons (Fsp3) is 0.500. The van der Waals surface area contributed by atoms with Gasteiger partial charge in [0.05, 0.1) is 0 Å². The van der Waals surface area contributed by atoms with Crippen LogP contribution in [0.4, 0.5) is 0 Å². The second-order valence-electron chi connectivity index (χ2n) is 7.35. The summed E-state index contributed by atoms with van der Waals surface area (Å²) in [4.78, 5) is 22.4. The number of phenolic OH excluding ortho intramolecular Hbond substituents is 1. The Bertz CT molecular complexity index is 806. The Morgan fingerprint density at radius 3 is 2.42 bits per heavy atom. The molecule has 0 radical (unpaired) electrons. The normalized spacial score (nSPS) is 27.3. The molecule has 0 saturated carbocycles. The number of carbonyl (C=O) groups is 2. The number of aromatic hydroxyl groups is 1. The smallest absolute Gasteiger partial charge is 0.335 e. The zero-order chi connectivity index (χ0) is 23.3. The van der Waals surface area contributed by atoms with Crippen molar-refractivity contribution in [2.24, 2.45) is 5.92 Å². The number of aliphatic carboxylic acids is 1. The van der Waals surface area contributed by atoms with Crippen molar-refractivity contribution in [1.82, 2.24) is 0 Å². The third-order valence-electron chi connectivity index (χ3n) is 4.58. The fourth-order valence-corrected chi connectivity index (χ4v) is 2.70. The number of hydrogen-bond acceptors (Lipinski definition) is 10. The van der Waals surface area contributed by atoms with Crippen LogP contribution in [0, 0.1) is 5.92 Å². The number of carboxylic acid groups (broad SMARTS) is 1. The predicted octanol–water partition coefficient (Wildman–Crippen LogP) is -0.764. The summed E-state index contributed by atoms with van der Waals surface area (Å²) in [7, 11) is 0. The Balaban J connectivity index is 2.08. The van der Waals surface area contributed by atoms with Gasteiger partial charge in [0.1, 0.15) is 31.0 Å². The number of phenols is 1. The van der Waals surface area contributed by atoms with Crippen molar-refractivity contribution >= 4 is 18.0 Å². The lowest BCUT2D eigenvalue weighted by Gasteiger charge is -2.40. The van der Waals surface area contributed by atoms with Crippen molar-refractivity contribution in [3.8, 4) is 11.5 Å². The Kier molecular flexibility index (Phi) is 8.36. The Morgan fingerprint density at radius 2 is 1.84 bits per heavy atom. The number of ether oxygens (including phenoxy) is 3. The monoisotopic (exact) mass is 442 g/mol. The first-order valence-electron chi connectivity index (χ1n) is 9.46. The van der Waals surface area contributed by atoms with Gasteiger partial charge in [-0.15, -0.1) is 0 Å². The highest BCUT2D eigenvalue weighted by Crippen LogP contribution is 2.31. The van der Waals surface area contributed by atoms with Gasteiger partial charge in [0.2, 0.25) is 6.29 Å². The first-order valence-corrected chi connectivity index (χ1v) is 9.46. The first kappa shape index (κ1) is 24.6. The third kappa shape index (κ3) is 6.39. The predicted molar refractivity (Wildman–Crippen MR) is 104 cm³/mol. The van der Waals surface area contributed by atoms with Gasteiger partial charge in [0.25, 0.3) is 0 Å². The maximum atomic E-state index is 11.8. The zero-order valence-electron chi connectivity index (χ0n) is 16.9. The number of aliphatic hydroxyl groups is 4. The number of rotatable bonds is 8. The van der Waals surface area contributed by atoms with E-state index in [9.17, 15) is 35.1 Å². The van der Waals surface area contributed by atoms with Crippen molar-refractivity contribution in [2.75, 3.05) is 6.61 Å².